The van der Waals surface area contributed by atoms with Crippen molar-refractivity contribution in [3.63, 3.8) is 0 Å². The van der Waals surface area contributed by atoms with E-state index in [9.17, 15) is 4.79 Å². The lowest BCUT2D eigenvalue weighted by Gasteiger charge is -2.03. The standard InChI is InChI=1S/C13H11N3O3/c1-8-12-11(19-15-8)7-14-16(12)13(17)9-3-5-10(18-2)6-4-9/h3-7H,1-2H3. The molecule has 6 heteroatoms. The van der Waals surface area contributed by atoms with Gasteiger partial charge in [0.2, 0.25) is 5.58 Å². The van der Waals surface area contributed by atoms with E-state index in [0.29, 0.717) is 28.1 Å². The van der Waals surface area contributed by atoms with E-state index in [0.717, 1.165) is 0 Å². The van der Waals surface area contributed by atoms with Crippen LogP contribution in [-0.4, -0.2) is 28.0 Å². The topological polar surface area (TPSA) is 70.2 Å². The molecule has 96 valence electrons. The van der Waals surface area contributed by atoms with Crippen molar-refractivity contribution in [3.05, 3.63) is 41.7 Å². The van der Waals surface area contributed by atoms with Gasteiger partial charge in [0, 0.05) is 5.56 Å². The van der Waals surface area contributed by atoms with Gasteiger partial charge in [-0.25, -0.2) is 0 Å². The molecule has 3 aromatic rings. The molecule has 0 saturated heterocycles. The van der Waals surface area contributed by atoms with Crippen LogP contribution >= 0.6 is 0 Å². The number of carbonyl (C=O) groups is 1. The summed E-state index contributed by atoms with van der Waals surface area (Å²) in [6, 6.07) is 6.85. The minimum Gasteiger partial charge on any atom is -0.497 e. The van der Waals surface area contributed by atoms with E-state index >= 15 is 0 Å². The van der Waals surface area contributed by atoms with Crippen molar-refractivity contribution in [1.82, 2.24) is 14.9 Å². The molecule has 0 spiro atoms. The van der Waals surface area contributed by atoms with Gasteiger partial charge < -0.3 is 9.26 Å². The number of fused-ring (bicyclic) bond motifs is 1. The zero-order valence-corrected chi connectivity index (χ0v) is 10.5. The Morgan fingerprint density at radius 1 is 1.32 bits per heavy atom. The van der Waals surface area contributed by atoms with Gasteiger partial charge in [-0.2, -0.15) is 9.78 Å². The fourth-order valence-corrected chi connectivity index (χ4v) is 1.90. The molecule has 0 N–H and O–H groups in total. The molecule has 2 aromatic heterocycles. The lowest BCUT2D eigenvalue weighted by molar-refractivity contribution is 0.0950. The Hall–Kier alpha value is -2.63. The van der Waals surface area contributed by atoms with Gasteiger partial charge in [-0.05, 0) is 31.2 Å². The highest BCUT2D eigenvalue weighted by atomic mass is 16.5. The van der Waals surface area contributed by atoms with Crippen LogP contribution < -0.4 is 4.74 Å². The monoisotopic (exact) mass is 257 g/mol. The lowest BCUT2D eigenvalue weighted by atomic mass is 10.2. The highest BCUT2D eigenvalue weighted by Crippen LogP contribution is 2.19. The number of carbonyl (C=O) groups excluding carboxylic acids is 1. The summed E-state index contributed by atoms with van der Waals surface area (Å²) < 4.78 is 11.4. The molecule has 2 heterocycles. The first-order valence-electron chi connectivity index (χ1n) is 5.69. The number of benzene rings is 1. The quantitative estimate of drug-likeness (QED) is 0.702. The Morgan fingerprint density at radius 3 is 2.74 bits per heavy atom. The predicted octanol–water partition coefficient (Wildman–Crippen LogP) is 2.03. The number of nitrogens with zero attached hydrogens (tertiary/aromatic N) is 3. The smallest absolute Gasteiger partial charge is 0.278 e. The van der Waals surface area contributed by atoms with E-state index in [4.69, 9.17) is 9.26 Å². The van der Waals surface area contributed by atoms with Crippen LogP contribution in [0.3, 0.4) is 0 Å². The molecule has 0 saturated carbocycles. The molecule has 0 aliphatic carbocycles. The van der Waals surface area contributed by atoms with Crippen LogP contribution in [0.25, 0.3) is 11.1 Å². The van der Waals surface area contributed by atoms with E-state index in [2.05, 4.69) is 10.3 Å². The highest BCUT2D eigenvalue weighted by Gasteiger charge is 2.17. The second-order valence-electron chi connectivity index (χ2n) is 4.07. The molecule has 19 heavy (non-hydrogen) atoms. The minimum absolute atomic E-state index is 0.232. The van der Waals surface area contributed by atoms with Gasteiger partial charge in [-0.1, -0.05) is 5.16 Å². The molecule has 0 amide bonds. The van der Waals surface area contributed by atoms with Gasteiger partial charge in [0.25, 0.3) is 5.91 Å². The average molecular weight is 257 g/mol. The first-order valence-corrected chi connectivity index (χ1v) is 5.69. The molecule has 0 fully saturated rings. The Kier molecular flexibility index (Phi) is 2.56. The van der Waals surface area contributed by atoms with Crippen molar-refractivity contribution in [2.75, 3.05) is 7.11 Å². The Morgan fingerprint density at radius 2 is 2.05 bits per heavy atom. The molecular weight excluding hydrogens is 246 g/mol. The molecule has 0 atom stereocenters. The number of hydrogen-bond donors (Lipinski definition) is 0. The normalized spacial score (nSPS) is 10.8. The third-order valence-electron chi connectivity index (χ3n) is 2.89. The van der Waals surface area contributed by atoms with Crippen molar-refractivity contribution >= 4 is 17.0 Å². The van der Waals surface area contributed by atoms with Gasteiger partial charge in [-0.15, -0.1) is 0 Å². The summed E-state index contributed by atoms with van der Waals surface area (Å²) in [6.07, 6.45) is 1.48. The number of aromatic nitrogens is 3. The maximum Gasteiger partial charge on any atom is 0.278 e. The van der Waals surface area contributed by atoms with E-state index in [1.165, 1.54) is 10.9 Å². The summed E-state index contributed by atoms with van der Waals surface area (Å²) in [5, 5.41) is 7.85. The molecular formula is C13H11N3O3. The second kappa shape index (κ2) is 4.24. The fraction of sp³-hybridized carbons (Fsp3) is 0.154. The van der Waals surface area contributed by atoms with Crippen molar-refractivity contribution in [3.8, 4) is 5.75 Å². The first kappa shape index (κ1) is 11.5. The van der Waals surface area contributed by atoms with Crippen LogP contribution in [-0.2, 0) is 0 Å². The average Bonchev–Trinajstić information content (AvgIpc) is 3.02. The fourth-order valence-electron chi connectivity index (χ4n) is 1.90. The Bertz CT molecular complexity index is 740. The molecule has 6 nitrogen and oxygen atoms in total. The molecule has 1 aromatic carbocycles. The van der Waals surface area contributed by atoms with Crippen LogP contribution in [0.4, 0.5) is 0 Å². The maximum atomic E-state index is 12.4. The third-order valence-corrected chi connectivity index (χ3v) is 2.89. The molecule has 0 bridgehead atoms. The van der Waals surface area contributed by atoms with Crippen LogP contribution in [0.1, 0.15) is 16.1 Å². The maximum absolute atomic E-state index is 12.4. The molecule has 3 rings (SSSR count). The van der Waals surface area contributed by atoms with Crippen LogP contribution in [0.2, 0.25) is 0 Å². The lowest BCUT2D eigenvalue weighted by Crippen LogP contribution is -2.13. The van der Waals surface area contributed by atoms with Gasteiger partial charge in [0.05, 0.1) is 13.3 Å². The summed E-state index contributed by atoms with van der Waals surface area (Å²) in [6.45, 7) is 1.77. The summed E-state index contributed by atoms with van der Waals surface area (Å²) in [5.74, 6) is 0.465. The first-order chi connectivity index (χ1) is 9.20. The van der Waals surface area contributed by atoms with Gasteiger partial charge >= 0.3 is 0 Å². The van der Waals surface area contributed by atoms with Gasteiger partial charge in [0.15, 0.2) is 0 Å². The molecule has 0 unspecified atom stereocenters. The van der Waals surface area contributed by atoms with Crippen molar-refractivity contribution in [2.45, 2.75) is 6.92 Å². The third kappa shape index (κ3) is 1.77. The van der Waals surface area contributed by atoms with Crippen molar-refractivity contribution in [1.29, 1.82) is 0 Å². The van der Waals surface area contributed by atoms with Gasteiger partial charge in [0.1, 0.15) is 17.0 Å². The number of hydrogen-bond acceptors (Lipinski definition) is 5. The molecule has 0 radical (unpaired) electrons. The number of rotatable bonds is 2. The number of ether oxygens (including phenoxy) is 1. The predicted molar refractivity (Wildman–Crippen MR) is 67.3 cm³/mol. The SMILES string of the molecule is COc1ccc(C(=O)n2ncc3onc(C)c32)cc1. The number of methoxy groups -OCH3 is 1. The zero-order valence-electron chi connectivity index (χ0n) is 10.5. The van der Waals surface area contributed by atoms with Crippen LogP contribution in [0, 0.1) is 6.92 Å². The van der Waals surface area contributed by atoms with E-state index < -0.39 is 0 Å². The van der Waals surface area contributed by atoms with Crippen LogP contribution in [0.15, 0.2) is 35.0 Å². The van der Waals surface area contributed by atoms with Gasteiger partial charge in [-0.3, -0.25) is 4.79 Å². The summed E-state index contributed by atoms with van der Waals surface area (Å²) in [7, 11) is 1.58. The van der Waals surface area contributed by atoms with Crippen LogP contribution in [0.5, 0.6) is 5.75 Å². The largest absolute Gasteiger partial charge is 0.497 e. The summed E-state index contributed by atoms with van der Waals surface area (Å²) in [4.78, 5) is 12.4. The van der Waals surface area contributed by atoms with E-state index in [-0.39, 0.29) is 5.91 Å². The van der Waals surface area contributed by atoms with Crippen molar-refractivity contribution < 1.29 is 14.1 Å². The molecule has 0 aliphatic heterocycles. The zero-order chi connectivity index (χ0) is 13.4. The highest BCUT2D eigenvalue weighted by molar-refractivity contribution is 6.00. The summed E-state index contributed by atoms with van der Waals surface area (Å²) in [5.41, 5.74) is 2.25. The second-order valence-corrected chi connectivity index (χ2v) is 4.07. The Labute approximate surface area is 108 Å². The summed E-state index contributed by atoms with van der Waals surface area (Å²) >= 11 is 0. The molecule has 0 aliphatic rings. The minimum atomic E-state index is -0.232. The Balaban J connectivity index is 2.05. The van der Waals surface area contributed by atoms with Crippen molar-refractivity contribution in [2.24, 2.45) is 0 Å². The van der Waals surface area contributed by atoms with E-state index in [1.807, 2.05) is 0 Å². The number of aryl methyl sites for hydroxylation is 1. The van der Waals surface area contributed by atoms with E-state index in [1.54, 1.807) is 38.3 Å².